The molecule has 2 amide bonds. The van der Waals surface area contributed by atoms with Gasteiger partial charge in [0.1, 0.15) is 11.6 Å². The molecule has 2 aromatic rings. The van der Waals surface area contributed by atoms with Gasteiger partial charge in [0.25, 0.3) is 0 Å². The van der Waals surface area contributed by atoms with Gasteiger partial charge in [-0.2, -0.15) is 5.26 Å². The van der Waals surface area contributed by atoms with E-state index in [9.17, 15) is 14.4 Å². The third-order valence-corrected chi connectivity index (χ3v) is 5.82. The average molecular weight is 445 g/mol. The van der Waals surface area contributed by atoms with Gasteiger partial charge in [-0.05, 0) is 74.7 Å². The van der Waals surface area contributed by atoms with Gasteiger partial charge in [0.05, 0.1) is 23.8 Å². The van der Waals surface area contributed by atoms with Gasteiger partial charge in [0.15, 0.2) is 0 Å². The third kappa shape index (κ3) is 6.58. The van der Waals surface area contributed by atoms with Gasteiger partial charge in [0.2, 0.25) is 0 Å². The van der Waals surface area contributed by atoms with E-state index in [1.54, 1.807) is 30.3 Å². The average Bonchev–Trinajstić information content (AvgIpc) is 2.75. The maximum Gasteiger partial charge on any atom is 0.316 e. The van der Waals surface area contributed by atoms with Gasteiger partial charge >= 0.3 is 6.03 Å². The summed E-state index contributed by atoms with van der Waals surface area (Å²) in [5.41, 5.74) is 6.23. The van der Waals surface area contributed by atoms with Crippen molar-refractivity contribution in [3.05, 3.63) is 58.9 Å². The molecule has 8 heteroatoms. The van der Waals surface area contributed by atoms with Crippen molar-refractivity contribution in [2.24, 2.45) is 11.1 Å². The maximum absolute atomic E-state index is 13.1. The molecule has 1 fully saturated rings. The maximum atomic E-state index is 13.1. The normalized spacial score (nSPS) is 15.8. The van der Waals surface area contributed by atoms with Crippen molar-refractivity contribution in [1.82, 2.24) is 4.90 Å². The molecule has 1 aliphatic heterocycles. The van der Waals surface area contributed by atoms with E-state index in [0.29, 0.717) is 29.5 Å². The third-order valence-electron chi connectivity index (χ3n) is 5.58. The lowest BCUT2D eigenvalue weighted by molar-refractivity contribution is 0.136. The number of anilines is 1. The van der Waals surface area contributed by atoms with E-state index in [0.717, 1.165) is 44.5 Å². The standard InChI is InChI=1S/C23H26ClFN4O2/c24-18-4-7-21(20(14-18)28-22(27)30)31-13-1-10-29-11-8-23(16-26,9-12-29)15-17-2-5-19(25)6-3-17/h2-7,14H,1,8-13,15H2,(H3,27,28,30). The van der Waals surface area contributed by atoms with Crippen LogP contribution in [0.3, 0.4) is 0 Å². The second-order valence-electron chi connectivity index (χ2n) is 7.87. The van der Waals surface area contributed by atoms with Crippen LogP contribution in [0, 0.1) is 22.6 Å². The number of carbonyl (C=O) groups is 1. The first-order valence-corrected chi connectivity index (χ1v) is 10.6. The predicted molar refractivity (Wildman–Crippen MR) is 119 cm³/mol. The van der Waals surface area contributed by atoms with Crippen LogP contribution in [0.5, 0.6) is 5.75 Å². The molecule has 3 N–H and O–H groups in total. The number of hydrogen-bond acceptors (Lipinski definition) is 4. The Morgan fingerprint density at radius 3 is 2.61 bits per heavy atom. The molecular weight excluding hydrogens is 419 g/mol. The number of amides is 2. The summed E-state index contributed by atoms with van der Waals surface area (Å²) in [5.74, 6) is 0.257. The van der Waals surface area contributed by atoms with Gasteiger partial charge in [-0.15, -0.1) is 0 Å². The number of primary amides is 1. The summed E-state index contributed by atoms with van der Waals surface area (Å²) in [7, 11) is 0. The van der Waals surface area contributed by atoms with Gasteiger partial charge in [0, 0.05) is 11.6 Å². The van der Waals surface area contributed by atoms with Crippen LogP contribution in [-0.2, 0) is 6.42 Å². The van der Waals surface area contributed by atoms with Crippen LogP contribution >= 0.6 is 11.6 Å². The van der Waals surface area contributed by atoms with Crippen LogP contribution in [0.4, 0.5) is 14.9 Å². The fraction of sp³-hybridized carbons (Fsp3) is 0.391. The minimum Gasteiger partial charge on any atom is -0.491 e. The summed E-state index contributed by atoms with van der Waals surface area (Å²) in [4.78, 5) is 13.5. The molecule has 0 spiro atoms. The molecule has 31 heavy (non-hydrogen) atoms. The topological polar surface area (TPSA) is 91.4 Å². The molecule has 0 aliphatic carbocycles. The Labute approximate surface area is 186 Å². The van der Waals surface area contributed by atoms with Crippen molar-refractivity contribution < 1.29 is 13.9 Å². The number of urea groups is 1. The van der Waals surface area contributed by atoms with Gasteiger partial charge < -0.3 is 20.7 Å². The van der Waals surface area contributed by atoms with Crippen LogP contribution in [0.1, 0.15) is 24.8 Å². The fourth-order valence-electron chi connectivity index (χ4n) is 3.85. The monoisotopic (exact) mass is 444 g/mol. The van der Waals surface area contributed by atoms with Crippen molar-refractivity contribution >= 4 is 23.3 Å². The highest BCUT2D eigenvalue weighted by Gasteiger charge is 2.34. The number of benzene rings is 2. The number of nitriles is 1. The molecule has 2 aromatic carbocycles. The second-order valence-corrected chi connectivity index (χ2v) is 8.31. The highest BCUT2D eigenvalue weighted by Crippen LogP contribution is 2.34. The summed E-state index contributed by atoms with van der Waals surface area (Å²) < 4.78 is 18.9. The van der Waals surface area contributed by atoms with Crippen molar-refractivity contribution in [2.75, 3.05) is 31.6 Å². The highest BCUT2D eigenvalue weighted by molar-refractivity contribution is 6.31. The zero-order valence-corrected chi connectivity index (χ0v) is 18.0. The molecule has 0 radical (unpaired) electrons. The molecule has 6 nitrogen and oxygen atoms in total. The predicted octanol–water partition coefficient (Wildman–Crippen LogP) is 4.59. The Morgan fingerprint density at radius 2 is 1.97 bits per heavy atom. The second kappa shape index (κ2) is 10.5. The van der Waals surface area contributed by atoms with E-state index < -0.39 is 11.4 Å². The van der Waals surface area contributed by atoms with Crippen LogP contribution < -0.4 is 15.8 Å². The summed E-state index contributed by atoms with van der Waals surface area (Å²) in [5, 5.41) is 12.8. The Hall–Kier alpha value is -2.82. The SMILES string of the molecule is N#CC1(Cc2ccc(F)cc2)CCN(CCCOc2ccc(Cl)cc2NC(N)=O)CC1. The quantitative estimate of drug-likeness (QED) is 0.582. The molecule has 0 unspecified atom stereocenters. The first kappa shape index (κ1) is 22.9. The highest BCUT2D eigenvalue weighted by atomic mass is 35.5. The lowest BCUT2D eigenvalue weighted by Crippen LogP contribution is -2.41. The number of ether oxygens (including phenoxy) is 1. The minimum absolute atomic E-state index is 0.261. The van der Waals surface area contributed by atoms with E-state index in [2.05, 4.69) is 16.3 Å². The zero-order chi connectivity index (χ0) is 22.3. The molecule has 0 atom stereocenters. The van der Waals surface area contributed by atoms with E-state index in [1.165, 1.54) is 12.1 Å². The number of nitrogens with one attached hydrogen (secondary N) is 1. The fourth-order valence-corrected chi connectivity index (χ4v) is 4.03. The van der Waals surface area contributed by atoms with Crippen molar-refractivity contribution in [2.45, 2.75) is 25.7 Å². The number of carbonyl (C=O) groups excluding carboxylic acids is 1. The Kier molecular flexibility index (Phi) is 7.72. The number of likely N-dealkylation sites (tertiary alicyclic amines) is 1. The number of nitrogens with two attached hydrogens (primary N) is 1. The zero-order valence-electron chi connectivity index (χ0n) is 17.2. The molecule has 0 bridgehead atoms. The number of piperidine rings is 1. The molecular formula is C23H26ClFN4O2. The smallest absolute Gasteiger partial charge is 0.316 e. The molecule has 1 aliphatic rings. The van der Waals surface area contributed by atoms with Crippen LogP contribution in [0.2, 0.25) is 5.02 Å². The first-order valence-electron chi connectivity index (χ1n) is 10.3. The number of hydrogen-bond donors (Lipinski definition) is 2. The van der Waals surface area contributed by atoms with E-state index in [-0.39, 0.29) is 5.82 Å². The van der Waals surface area contributed by atoms with Crippen LogP contribution in [-0.4, -0.2) is 37.2 Å². The summed E-state index contributed by atoms with van der Waals surface area (Å²) in [6.45, 7) is 3.00. The Morgan fingerprint density at radius 1 is 1.26 bits per heavy atom. The summed E-state index contributed by atoms with van der Waals surface area (Å²) in [6.07, 6.45) is 3.01. The molecule has 164 valence electrons. The van der Waals surface area contributed by atoms with Crippen LogP contribution in [0.15, 0.2) is 42.5 Å². The largest absolute Gasteiger partial charge is 0.491 e. The molecule has 0 aromatic heterocycles. The Balaban J connectivity index is 1.45. The summed E-state index contributed by atoms with van der Waals surface area (Å²) >= 11 is 5.96. The molecule has 1 heterocycles. The number of rotatable bonds is 8. The van der Waals surface area contributed by atoms with Gasteiger partial charge in [-0.3, -0.25) is 0 Å². The van der Waals surface area contributed by atoms with Crippen LogP contribution in [0.25, 0.3) is 0 Å². The first-order chi connectivity index (χ1) is 14.9. The van der Waals surface area contributed by atoms with Gasteiger partial charge in [-0.25, -0.2) is 9.18 Å². The van der Waals surface area contributed by atoms with Gasteiger partial charge in [-0.1, -0.05) is 23.7 Å². The van der Waals surface area contributed by atoms with E-state index >= 15 is 0 Å². The number of nitrogens with zero attached hydrogens (tertiary/aromatic N) is 2. The lowest BCUT2D eigenvalue weighted by Gasteiger charge is -2.37. The molecule has 3 rings (SSSR count). The summed E-state index contributed by atoms with van der Waals surface area (Å²) in [6, 6.07) is 13.2. The van der Waals surface area contributed by atoms with Crippen molar-refractivity contribution in [3.63, 3.8) is 0 Å². The Bertz CT molecular complexity index is 938. The lowest BCUT2D eigenvalue weighted by atomic mass is 9.75. The molecule has 0 saturated carbocycles. The molecule has 1 saturated heterocycles. The van der Waals surface area contributed by atoms with E-state index in [4.69, 9.17) is 22.1 Å². The van der Waals surface area contributed by atoms with Crippen molar-refractivity contribution in [1.29, 1.82) is 5.26 Å². The van der Waals surface area contributed by atoms with E-state index in [1.807, 2.05) is 0 Å². The number of halogens is 2. The van der Waals surface area contributed by atoms with Crippen molar-refractivity contribution in [3.8, 4) is 11.8 Å². The minimum atomic E-state index is -0.679.